The van der Waals surface area contributed by atoms with E-state index in [1.165, 1.54) is 31.2 Å². The highest BCUT2D eigenvalue weighted by Crippen LogP contribution is 2.20. The van der Waals surface area contributed by atoms with E-state index in [4.69, 9.17) is 4.84 Å². The first kappa shape index (κ1) is 17.7. The zero-order valence-corrected chi connectivity index (χ0v) is 13.9. The smallest absolute Gasteiger partial charge is 0.325 e. The monoisotopic (exact) mass is 359 g/mol. The molecule has 1 heterocycles. The molecule has 0 radical (unpaired) electrons. The van der Waals surface area contributed by atoms with Gasteiger partial charge in [0.25, 0.3) is 11.8 Å². The summed E-state index contributed by atoms with van der Waals surface area (Å²) in [5.74, 6) is -3.14. The molecule has 7 heteroatoms. The number of imide groups is 1. The molecular formula is C19H15F2NO4. The largest absolute Gasteiger partial charge is 0.363 e. The van der Waals surface area contributed by atoms with Crippen LogP contribution in [0, 0.1) is 18.6 Å². The maximum absolute atomic E-state index is 14.1. The summed E-state index contributed by atoms with van der Waals surface area (Å²) in [6.45, 7) is 1.37. The van der Waals surface area contributed by atoms with Crippen molar-refractivity contribution in [3.05, 3.63) is 70.3 Å². The Balaban J connectivity index is 1.70. The number of carbonyl (C=O) groups excluding carboxylic acids is 3. The van der Waals surface area contributed by atoms with Crippen molar-refractivity contribution in [3.63, 3.8) is 0 Å². The van der Waals surface area contributed by atoms with Crippen LogP contribution in [-0.4, -0.2) is 22.8 Å². The third kappa shape index (κ3) is 3.46. The molecule has 26 heavy (non-hydrogen) atoms. The Morgan fingerprint density at radius 3 is 2.27 bits per heavy atom. The average Bonchev–Trinajstić information content (AvgIpc) is 2.94. The molecule has 0 N–H and O–H groups in total. The van der Waals surface area contributed by atoms with Crippen LogP contribution < -0.4 is 0 Å². The van der Waals surface area contributed by atoms with Gasteiger partial charge in [0.1, 0.15) is 11.6 Å². The Kier molecular flexibility index (Phi) is 4.79. The molecule has 0 saturated carbocycles. The minimum absolute atomic E-state index is 0.0215. The molecule has 0 spiro atoms. The van der Waals surface area contributed by atoms with E-state index in [0.29, 0.717) is 16.2 Å². The predicted octanol–water partition coefficient (Wildman–Crippen LogP) is 3.08. The first-order valence-electron chi connectivity index (χ1n) is 7.97. The van der Waals surface area contributed by atoms with Gasteiger partial charge in [-0.3, -0.25) is 9.59 Å². The lowest BCUT2D eigenvalue weighted by molar-refractivity contribution is -0.172. The lowest BCUT2D eigenvalue weighted by atomic mass is 10.0. The lowest BCUT2D eigenvalue weighted by Gasteiger charge is -2.12. The van der Waals surface area contributed by atoms with E-state index in [9.17, 15) is 23.2 Å². The average molecular weight is 359 g/mol. The second kappa shape index (κ2) is 7.03. The summed E-state index contributed by atoms with van der Waals surface area (Å²) in [4.78, 5) is 39.8. The molecule has 1 fully saturated rings. The molecule has 1 aliphatic heterocycles. The van der Waals surface area contributed by atoms with Crippen molar-refractivity contribution in [1.29, 1.82) is 0 Å². The van der Waals surface area contributed by atoms with Crippen molar-refractivity contribution in [2.75, 3.05) is 0 Å². The van der Waals surface area contributed by atoms with Gasteiger partial charge in [-0.1, -0.05) is 18.2 Å². The summed E-state index contributed by atoms with van der Waals surface area (Å²) >= 11 is 0. The van der Waals surface area contributed by atoms with Gasteiger partial charge >= 0.3 is 5.97 Å². The quantitative estimate of drug-likeness (QED) is 0.787. The van der Waals surface area contributed by atoms with Crippen molar-refractivity contribution in [1.82, 2.24) is 5.06 Å². The van der Waals surface area contributed by atoms with Crippen LogP contribution >= 0.6 is 0 Å². The van der Waals surface area contributed by atoms with Gasteiger partial charge in [0.05, 0.1) is 5.56 Å². The molecule has 1 saturated heterocycles. The van der Waals surface area contributed by atoms with E-state index >= 15 is 0 Å². The van der Waals surface area contributed by atoms with Crippen LogP contribution in [0.4, 0.5) is 8.78 Å². The molecule has 0 unspecified atom stereocenters. The van der Waals surface area contributed by atoms with Crippen LogP contribution in [-0.2, 0) is 20.8 Å². The molecule has 3 rings (SSSR count). The topological polar surface area (TPSA) is 63.7 Å². The Morgan fingerprint density at radius 1 is 1.04 bits per heavy atom. The van der Waals surface area contributed by atoms with Gasteiger partial charge in [-0.15, -0.1) is 5.06 Å². The number of hydrogen-bond acceptors (Lipinski definition) is 4. The number of carbonyl (C=O) groups is 3. The van der Waals surface area contributed by atoms with Crippen molar-refractivity contribution in [2.24, 2.45) is 0 Å². The van der Waals surface area contributed by atoms with Crippen LogP contribution in [0.25, 0.3) is 0 Å². The Bertz CT molecular complexity index is 877. The minimum Gasteiger partial charge on any atom is -0.325 e. The van der Waals surface area contributed by atoms with Crippen LogP contribution in [0.5, 0.6) is 0 Å². The number of hydroxylamine groups is 2. The molecule has 0 aliphatic carbocycles. The Morgan fingerprint density at radius 2 is 1.65 bits per heavy atom. The third-order valence-electron chi connectivity index (χ3n) is 4.16. The van der Waals surface area contributed by atoms with Crippen LogP contribution in [0.1, 0.15) is 39.9 Å². The molecule has 2 amide bonds. The summed E-state index contributed by atoms with van der Waals surface area (Å²) in [6, 6.07) is 8.70. The lowest BCUT2D eigenvalue weighted by Crippen LogP contribution is -2.32. The maximum Gasteiger partial charge on any atom is 0.363 e. The molecule has 0 bridgehead atoms. The number of halogens is 2. The van der Waals surface area contributed by atoms with Gasteiger partial charge in [-0.25, -0.2) is 13.6 Å². The second-order valence-electron chi connectivity index (χ2n) is 5.98. The summed E-state index contributed by atoms with van der Waals surface area (Å²) < 4.78 is 27.4. The van der Waals surface area contributed by atoms with Gasteiger partial charge in [-0.05, 0) is 36.2 Å². The van der Waals surface area contributed by atoms with Crippen molar-refractivity contribution in [2.45, 2.75) is 26.2 Å². The molecular weight excluding hydrogens is 344 g/mol. The van der Waals surface area contributed by atoms with Gasteiger partial charge < -0.3 is 4.84 Å². The molecule has 0 atom stereocenters. The van der Waals surface area contributed by atoms with Gasteiger partial charge in [0.15, 0.2) is 0 Å². The fourth-order valence-electron chi connectivity index (χ4n) is 2.63. The fourth-order valence-corrected chi connectivity index (χ4v) is 2.63. The standard InChI is InChI=1S/C19H15F2NO4/c1-11-15(20)7-6-14(18(11)21)10-12-2-4-13(5-3-12)19(25)26-22-16(23)8-9-17(22)24/h2-7H,8-10H2,1H3. The van der Waals surface area contributed by atoms with Crippen LogP contribution in [0.15, 0.2) is 36.4 Å². The highest BCUT2D eigenvalue weighted by molar-refractivity contribution is 6.02. The first-order chi connectivity index (χ1) is 12.4. The van der Waals surface area contributed by atoms with E-state index in [1.807, 2.05) is 0 Å². The van der Waals surface area contributed by atoms with E-state index < -0.39 is 29.4 Å². The van der Waals surface area contributed by atoms with Crippen LogP contribution in [0.3, 0.4) is 0 Å². The zero-order valence-electron chi connectivity index (χ0n) is 13.9. The number of rotatable bonds is 4. The van der Waals surface area contributed by atoms with Crippen LogP contribution in [0.2, 0.25) is 0 Å². The number of nitrogens with zero attached hydrogens (tertiary/aromatic N) is 1. The number of hydrogen-bond donors (Lipinski definition) is 0. The molecule has 5 nitrogen and oxygen atoms in total. The van der Waals surface area contributed by atoms with Gasteiger partial charge in [0.2, 0.25) is 0 Å². The van der Waals surface area contributed by atoms with Gasteiger partial charge in [0, 0.05) is 24.8 Å². The summed E-state index contributed by atoms with van der Waals surface area (Å²) in [6.07, 6.45) is 0.271. The number of benzene rings is 2. The second-order valence-corrected chi connectivity index (χ2v) is 5.98. The predicted molar refractivity (Wildman–Crippen MR) is 86.8 cm³/mol. The maximum atomic E-state index is 14.1. The summed E-state index contributed by atoms with van der Waals surface area (Å²) in [7, 11) is 0. The van der Waals surface area contributed by atoms with Crippen molar-refractivity contribution >= 4 is 17.8 Å². The van der Waals surface area contributed by atoms with Crippen molar-refractivity contribution in [3.8, 4) is 0 Å². The van der Waals surface area contributed by atoms with E-state index in [0.717, 1.165) is 0 Å². The summed E-state index contributed by atoms with van der Waals surface area (Å²) in [5, 5.41) is 0.479. The first-order valence-corrected chi connectivity index (χ1v) is 7.97. The van der Waals surface area contributed by atoms with E-state index in [2.05, 4.69) is 0 Å². The van der Waals surface area contributed by atoms with E-state index in [-0.39, 0.29) is 30.4 Å². The molecule has 0 aromatic heterocycles. The SMILES string of the molecule is Cc1c(F)ccc(Cc2ccc(C(=O)ON3C(=O)CCC3=O)cc2)c1F. The normalized spacial score (nSPS) is 14.0. The Labute approximate surface area is 148 Å². The molecule has 134 valence electrons. The third-order valence-corrected chi connectivity index (χ3v) is 4.16. The molecule has 2 aromatic carbocycles. The fraction of sp³-hybridized carbons (Fsp3) is 0.211. The molecule has 1 aliphatic rings. The van der Waals surface area contributed by atoms with E-state index in [1.54, 1.807) is 12.1 Å². The highest BCUT2D eigenvalue weighted by atomic mass is 19.1. The minimum atomic E-state index is -0.830. The molecule has 2 aromatic rings. The van der Waals surface area contributed by atoms with Gasteiger partial charge in [-0.2, -0.15) is 0 Å². The summed E-state index contributed by atoms with van der Waals surface area (Å²) in [5.41, 5.74) is 1.16. The number of amides is 2. The zero-order chi connectivity index (χ0) is 18.8. The van der Waals surface area contributed by atoms with Crippen molar-refractivity contribution < 1.29 is 28.0 Å². The highest BCUT2D eigenvalue weighted by Gasteiger charge is 2.33. The Hall–Kier alpha value is -3.09.